The highest BCUT2D eigenvalue weighted by atomic mass is 16.5. The minimum absolute atomic E-state index is 0.103. The largest absolute Gasteiger partial charge is 0.377 e. The standard InChI is InChI=1S/C16H26N2O/c1-16(2,19-4)12-17-11-13-7-8-15-14(10-13)6-5-9-18(15)3/h7-8,10,17H,5-6,9,11-12H2,1-4H3. The summed E-state index contributed by atoms with van der Waals surface area (Å²) in [7, 11) is 3.94. The van der Waals surface area contributed by atoms with Crippen LogP contribution in [0.1, 0.15) is 31.4 Å². The molecule has 1 N–H and O–H groups in total. The van der Waals surface area contributed by atoms with Crippen molar-refractivity contribution in [1.82, 2.24) is 5.32 Å². The molecule has 0 unspecified atom stereocenters. The van der Waals surface area contributed by atoms with Gasteiger partial charge in [-0.3, -0.25) is 0 Å². The second-order valence-electron chi connectivity index (χ2n) is 6.06. The van der Waals surface area contributed by atoms with Gasteiger partial charge in [-0.25, -0.2) is 0 Å². The zero-order valence-electron chi connectivity index (χ0n) is 12.6. The molecule has 0 radical (unpaired) electrons. The number of aryl methyl sites for hydroxylation is 1. The van der Waals surface area contributed by atoms with Gasteiger partial charge >= 0.3 is 0 Å². The number of fused-ring (bicyclic) bond motifs is 1. The first-order chi connectivity index (χ1) is 9.02. The first kappa shape index (κ1) is 14.4. The van der Waals surface area contributed by atoms with Crippen LogP contribution in [-0.4, -0.2) is 32.8 Å². The Kier molecular flexibility index (Phi) is 4.48. The van der Waals surface area contributed by atoms with Crippen molar-refractivity contribution in [2.24, 2.45) is 0 Å². The van der Waals surface area contributed by atoms with E-state index in [-0.39, 0.29) is 5.60 Å². The van der Waals surface area contributed by atoms with Crippen LogP contribution in [0.25, 0.3) is 0 Å². The Morgan fingerprint density at radius 2 is 2.16 bits per heavy atom. The molecule has 0 spiro atoms. The number of benzene rings is 1. The number of nitrogens with zero attached hydrogens (tertiary/aromatic N) is 1. The molecule has 0 aliphatic carbocycles. The van der Waals surface area contributed by atoms with Gasteiger partial charge in [0.15, 0.2) is 0 Å². The van der Waals surface area contributed by atoms with Gasteiger partial charge in [0.25, 0.3) is 0 Å². The summed E-state index contributed by atoms with van der Waals surface area (Å²) in [6.07, 6.45) is 2.47. The third kappa shape index (κ3) is 3.71. The van der Waals surface area contributed by atoms with E-state index in [0.29, 0.717) is 0 Å². The Bertz CT molecular complexity index is 429. The smallest absolute Gasteiger partial charge is 0.0746 e. The highest BCUT2D eigenvalue weighted by Crippen LogP contribution is 2.26. The number of hydrogen-bond donors (Lipinski definition) is 1. The minimum Gasteiger partial charge on any atom is -0.377 e. The average molecular weight is 262 g/mol. The van der Waals surface area contributed by atoms with E-state index in [4.69, 9.17) is 4.74 Å². The Hall–Kier alpha value is -1.06. The third-order valence-electron chi connectivity index (χ3n) is 3.93. The molecule has 1 aromatic rings. The van der Waals surface area contributed by atoms with Crippen molar-refractivity contribution >= 4 is 5.69 Å². The molecular weight excluding hydrogens is 236 g/mol. The number of ether oxygens (including phenoxy) is 1. The number of rotatable bonds is 5. The molecule has 0 saturated heterocycles. The van der Waals surface area contributed by atoms with E-state index in [1.165, 1.54) is 36.2 Å². The monoisotopic (exact) mass is 262 g/mol. The van der Waals surface area contributed by atoms with Crippen molar-refractivity contribution in [3.8, 4) is 0 Å². The van der Waals surface area contributed by atoms with Gasteiger partial charge < -0.3 is 15.0 Å². The molecule has 1 aliphatic heterocycles. The minimum atomic E-state index is -0.103. The molecule has 1 aromatic carbocycles. The van der Waals surface area contributed by atoms with Crippen LogP contribution < -0.4 is 10.2 Å². The normalized spacial score (nSPS) is 15.5. The van der Waals surface area contributed by atoms with E-state index in [1.54, 1.807) is 7.11 Å². The number of methoxy groups -OCH3 is 1. The molecule has 0 amide bonds. The molecule has 0 fully saturated rings. The first-order valence-electron chi connectivity index (χ1n) is 7.11. The summed E-state index contributed by atoms with van der Waals surface area (Å²) in [6.45, 7) is 7.14. The Balaban J connectivity index is 1.95. The predicted molar refractivity (Wildman–Crippen MR) is 80.8 cm³/mol. The lowest BCUT2D eigenvalue weighted by molar-refractivity contribution is 0.0230. The van der Waals surface area contributed by atoms with Gasteiger partial charge in [0.1, 0.15) is 0 Å². The zero-order chi connectivity index (χ0) is 13.9. The van der Waals surface area contributed by atoms with Gasteiger partial charge in [-0.1, -0.05) is 12.1 Å². The van der Waals surface area contributed by atoms with Crippen LogP contribution in [0, 0.1) is 0 Å². The van der Waals surface area contributed by atoms with Crippen LogP contribution in [0.2, 0.25) is 0 Å². The SMILES string of the molecule is COC(C)(C)CNCc1ccc2c(c1)CCCN2C. The molecule has 0 atom stereocenters. The van der Waals surface area contributed by atoms with Crippen LogP contribution >= 0.6 is 0 Å². The lowest BCUT2D eigenvalue weighted by Gasteiger charge is -2.28. The molecule has 0 aromatic heterocycles. The fraction of sp³-hybridized carbons (Fsp3) is 0.625. The van der Waals surface area contributed by atoms with E-state index in [1.807, 2.05) is 0 Å². The number of hydrogen-bond acceptors (Lipinski definition) is 3. The van der Waals surface area contributed by atoms with Crippen LogP contribution in [0.5, 0.6) is 0 Å². The van der Waals surface area contributed by atoms with Crippen LogP contribution in [0.4, 0.5) is 5.69 Å². The van der Waals surface area contributed by atoms with Gasteiger partial charge in [-0.2, -0.15) is 0 Å². The molecule has 1 heterocycles. The number of anilines is 1. The summed E-state index contributed by atoms with van der Waals surface area (Å²) < 4.78 is 5.41. The Labute approximate surface area is 116 Å². The Morgan fingerprint density at radius 1 is 1.37 bits per heavy atom. The summed E-state index contributed by atoms with van der Waals surface area (Å²) in [5.41, 5.74) is 4.14. The lowest BCUT2D eigenvalue weighted by Crippen LogP contribution is -2.36. The van der Waals surface area contributed by atoms with Crippen molar-refractivity contribution < 1.29 is 4.74 Å². The molecule has 1 aliphatic rings. The second-order valence-corrected chi connectivity index (χ2v) is 6.06. The molecular formula is C16H26N2O. The van der Waals surface area contributed by atoms with Crippen LogP contribution in [-0.2, 0) is 17.7 Å². The summed E-state index contributed by atoms with van der Waals surface area (Å²) in [5.74, 6) is 0. The van der Waals surface area contributed by atoms with Gasteiger partial charge in [0, 0.05) is 39.5 Å². The van der Waals surface area contributed by atoms with Crippen molar-refractivity contribution in [1.29, 1.82) is 0 Å². The van der Waals surface area contributed by atoms with E-state index in [2.05, 4.69) is 49.3 Å². The number of nitrogens with one attached hydrogen (secondary N) is 1. The average Bonchev–Trinajstić information content (AvgIpc) is 2.39. The predicted octanol–water partition coefficient (Wildman–Crippen LogP) is 2.58. The van der Waals surface area contributed by atoms with Crippen LogP contribution in [0.3, 0.4) is 0 Å². The summed E-state index contributed by atoms with van der Waals surface area (Å²) >= 11 is 0. The van der Waals surface area contributed by atoms with Crippen molar-refractivity contribution in [2.75, 3.05) is 32.1 Å². The van der Waals surface area contributed by atoms with E-state index < -0.39 is 0 Å². The highest BCUT2D eigenvalue weighted by molar-refractivity contribution is 5.56. The maximum Gasteiger partial charge on any atom is 0.0746 e. The van der Waals surface area contributed by atoms with Crippen LogP contribution in [0.15, 0.2) is 18.2 Å². The van der Waals surface area contributed by atoms with Gasteiger partial charge in [-0.15, -0.1) is 0 Å². The second kappa shape index (κ2) is 5.93. The van der Waals surface area contributed by atoms with Gasteiger partial charge in [-0.05, 0) is 43.9 Å². The molecule has 3 heteroatoms. The molecule has 3 nitrogen and oxygen atoms in total. The van der Waals surface area contributed by atoms with E-state index >= 15 is 0 Å². The van der Waals surface area contributed by atoms with Gasteiger partial charge in [0.2, 0.25) is 0 Å². The van der Waals surface area contributed by atoms with Crippen molar-refractivity contribution in [3.05, 3.63) is 29.3 Å². The Morgan fingerprint density at radius 3 is 2.89 bits per heavy atom. The maximum atomic E-state index is 5.41. The molecule has 2 rings (SSSR count). The maximum absolute atomic E-state index is 5.41. The van der Waals surface area contributed by atoms with E-state index in [0.717, 1.165) is 13.1 Å². The molecule has 106 valence electrons. The summed E-state index contributed by atoms with van der Waals surface area (Å²) in [6, 6.07) is 6.83. The third-order valence-corrected chi connectivity index (χ3v) is 3.93. The fourth-order valence-corrected chi connectivity index (χ4v) is 2.53. The van der Waals surface area contributed by atoms with Crippen molar-refractivity contribution in [2.45, 2.75) is 38.8 Å². The zero-order valence-corrected chi connectivity index (χ0v) is 12.6. The van der Waals surface area contributed by atoms with Crippen molar-refractivity contribution in [3.63, 3.8) is 0 Å². The molecule has 0 bridgehead atoms. The molecule has 0 saturated carbocycles. The fourth-order valence-electron chi connectivity index (χ4n) is 2.53. The quantitative estimate of drug-likeness (QED) is 0.882. The highest BCUT2D eigenvalue weighted by Gasteiger charge is 2.16. The summed E-state index contributed by atoms with van der Waals surface area (Å²) in [4.78, 5) is 2.35. The van der Waals surface area contributed by atoms with Gasteiger partial charge in [0.05, 0.1) is 5.60 Å². The van der Waals surface area contributed by atoms with E-state index in [9.17, 15) is 0 Å². The topological polar surface area (TPSA) is 24.5 Å². The molecule has 19 heavy (non-hydrogen) atoms. The summed E-state index contributed by atoms with van der Waals surface area (Å²) in [5, 5.41) is 3.47. The lowest BCUT2D eigenvalue weighted by atomic mass is 9.99. The first-order valence-corrected chi connectivity index (χ1v) is 7.11.